The fourth-order valence-corrected chi connectivity index (χ4v) is 2.74. The molecule has 2 rings (SSSR count). The Bertz CT molecular complexity index is 481. The molecule has 16 heavy (non-hydrogen) atoms. The molecule has 0 unspecified atom stereocenters. The molecule has 0 atom stereocenters. The maximum absolute atomic E-state index is 13.6. The summed E-state index contributed by atoms with van der Waals surface area (Å²) in [7, 11) is 0. The molecule has 0 aliphatic heterocycles. The van der Waals surface area contributed by atoms with Crippen molar-refractivity contribution in [2.75, 3.05) is 5.88 Å². The fourth-order valence-electron chi connectivity index (χ4n) is 1.24. The Balaban J connectivity index is 2.42. The third-order valence-corrected chi connectivity index (χ3v) is 3.46. The topological polar surface area (TPSA) is 25.8 Å². The van der Waals surface area contributed by atoms with Crippen LogP contribution in [0.5, 0.6) is 0 Å². The summed E-state index contributed by atoms with van der Waals surface area (Å²) < 4.78 is 13.6. The lowest BCUT2D eigenvalue weighted by molar-refractivity contribution is 0.631. The third-order valence-electron chi connectivity index (χ3n) is 1.95. The largest absolute Gasteiger partial charge is 0.206 e. The number of halogens is 3. The van der Waals surface area contributed by atoms with Crippen LogP contribution < -0.4 is 0 Å². The van der Waals surface area contributed by atoms with Crippen LogP contribution in [-0.2, 0) is 6.42 Å². The van der Waals surface area contributed by atoms with Gasteiger partial charge in [-0.25, -0.2) is 4.39 Å². The first-order valence-corrected chi connectivity index (χ1v) is 6.28. The van der Waals surface area contributed by atoms with Crippen LogP contribution in [0.1, 0.15) is 5.01 Å². The molecule has 0 bridgehead atoms. The number of hydrogen-bond donors (Lipinski definition) is 0. The molecular formula is C10H7Cl2FN2S. The predicted octanol–water partition coefficient (Wildman–Crippen LogP) is 3.78. The maximum atomic E-state index is 13.6. The Morgan fingerprint density at radius 1 is 1.31 bits per heavy atom. The predicted molar refractivity (Wildman–Crippen MR) is 64.7 cm³/mol. The number of benzene rings is 1. The molecule has 1 heterocycles. The zero-order chi connectivity index (χ0) is 11.5. The van der Waals surface area contributed by atoms with E-state index in [1.165, 1.54) is 17.4 Å². The zero-order valence-corrected chi connectivity index (χ0v) is 10.4. The lowest BCUT2D eigenvalue weighted by Gasteiger charge is -1.99. The first-order chi connectivity index (χ1) is 7.72. The number of aromatic nitrogens is 2. The van der Waals surface area contributed by atoms with E-state index in [-0.39, 0.29) is 5.82 Å². The van der Waals surface area contributed by atoms with Crippen LogP contribution in [0.15, 0.2) is 18.2 Å². The van der Waals surface area contributed by atoms with Gasteiger partial charge in [0.05, 0.1) is 10.6 Å². The van der Waals surface area contributed by atoms with Crippen molar-refractivity contribution in [2.24, 2.45) is 0 Å². The lowest BCUT2D eigenvalue weighted by Crippen LogP contribution is -1.85. The minimum absolute atomic E-state index is 0.308. The molecule has 84 valence electrons. The summed E-state index contributed by atoms with van der Waals surface area (Å²) in [6.45, 7) is 0. The molecular weight excluding hydrogens is 270 g/mol. The molecule has 0 aliphatic carbocycles. The molecule has 0 aliphatic rings. The van der Waals surface area contributed by atoms with Gasteiger partial charge in [-0.15, -0.1) is 21.8 Å². The van der Waals surface area contributed by atoms with E-state index in [1.54, 1.807) is 12.1 Å². The van der Waals surface area contributed by atoms with E-state index in [4.69, 9.17) is 23.2 Å². The van der Waals surface area contributed by atoms with Crippen LogP contribution in [0.25, 0.3) is 10.6 Å². The van der Waals surface area contributed by atoms with Gasteiger partial charge in [0, 0.05) is 12.3 Å². The van der Waals surface area contributed by atoms with Gasteiger partial charge < -0.3 is 0 Å². The van der Waals surface area contributed by atoms with Gasteiger partial charge in [0.2, 0.25) is 0 Å². The van der Waals surface area contributed by atoms with Gasteiger partial charge in [-0.2, -0.15) is 0 Å². The Morgan fingerprint density at radius 2 is 2.12 bits per heavy atom. The molecule has 0 saturated carbocycles. The molecule has 0 fully saturated rings. The lowest BCUT2D eigenvalue weighted by atomic mass is 10.2. The van der Waals surface area contributed by atoms with Crippen molar-refractivity contribution in [3.63, 3.8) is 0 Å². The quantitative estimate of drug-likeness (QED) is 0.798. The highest BCUT2D eigenvalue weighted by Gasteiger charge is 2.14. The Hall–Kier alpha value is -0.710. The van der Waals surface area contributed by atoms with E-state index in [2.05, 4.69) is 10.2 Å². The molecule has 6 heteroatoms. The van der Waals surface area contributed by atoms with E-state index >= 15 is 0 Å². The van der Waals surface area contributed by atoms with Gasteiger partial charge in [-0.1, -0.05) is 29.0 Å². The average molecular weight is 277 g/mol. The maximum Gasteiger partial charge on any atom is 0.152 e. The Kier molecular flexibility index (Phi) is 3.74. The highest BCUT2D eigenvalue weighted by atomic mass is 35.5. The van der Waals surface area contributed by atoms with E-state index < -0.39 is 0 Å². The third kappa shape index (κ3) is 2.34. The van der Waals surface area contributed by atoms with E-state index in [0.717, 1.165) is 5.01 Å². The van der Waals surface area contributed by atoms with E-state index in [0.29, 0.717) is 27.9 Å². The highest BCUT2D eigenvalue weighted by Crippen LogP contribution is 2.32. The molecule has 2 nitrogen and oxygen atoms in total. The molecule has 1 aromatic carbocycles. The number of nitrogens with zero attached hydrogens (tertiary/aromatic N) is 2. The zero-order valence-electron chi connectivity index (χ0n) is 8.08. The summed E-state index contributed by atoms with van der Waals surface area (Å²) >= 11 is 12.8. The van der Waals surface area contributed by atoms with Crippen LogP contribution in [0.3, 0.4) is 0 Å². The number of rotatable bonds is 3. The number of aryl methyl sites for hydroxylation is 1. The standard InChI is InChI=1S/C10H7Cl2FN2S/c11-5-4-8-14-15-10(16-8)9-6(12)2-1-3-7(9)13/h1-3H,4-5H2. The second-order valence-electron chi connectivity index (χ2n) is 3.04. The SMILES string of the molecule is Fc1cccc(Cl)c1-c1nnc(CCCl)s1. The van der Waals surface area contributed by atoms with Crippen molar-refractivity contribution in [2.45, 2.75) is 6.42 Å². The van der Waals surface area contributed by atoms with Crippen molar-refractivity contribution in [1.82, 2.24) is 10.2 Å². The van der Waals surface area contributed by atoms with Gasteiger partial charge in [0.25, 0.3) is 0 Å². The van der Waals surface area contributed by atoms with Crippen molar-refractivity contribution >= 4 is 34.5 Å². The number of alkyl halides is 1. The Labute approximate surface area is 106 Å². The van der Waals surface area contributed by atoms with Crippen LogP contribution >= 0.6 is 34.5 Å². The van der Waals surface area contributed by atoms with Crippen LogP contribution in [-0.4, -0.2) is 16.1 Å². The minimum Gasteiger partial charge on any atom is -0.206 e. The second kappa shape index (κ2) is 5.08. The normalized spacial score (nSPS) is 10.7. The molecule has 0 saturated heterocycles. The van der Waals surface area contributed by atoms with E-state index in [9.17, 15) is 4.39 Å². The molecule has 0 radical (unpaired) electrons. The summed E-state index contributed by atoms with van der Waals surface area (Å²) in [6.07, 6.45) is 0.630. The monoisotopic (exact) mass is 276 g/mol. The van der Waals surface area contributed by atoms with Gasteiger partial charge in [-0.05, 0) is 12.1 Å². The van der Waals surface area contributed by atoms with Crippen molar-refractivity contribution in [3.8, 4) is 10.6 Å². The van der Waals surface area contributed by atoms with Gasteiger partial charge >= 0.3 is 0 Å². The van der Waals surface area contributed by atoms with Crippen LogP contribution in [0.2, 0.25) is 5.02 Å². The van der Waals surface area contributed by atoms with E-state index in [1.807, 2.05) is 0 Å². The van der Waals surface area contributed by atoms with Gasteiger partial charge in [-0.3, -0.25) is 0 Å². The molecule has 0 spiro atoms. The van der Waals surface area contributed by atoms with Gasteiger partial charge in [0.15, 0.2) is 5.01 Å². The number of hydrogen-bond acceptors (Lipinski definition) is 3. The molecule has 0 amide bonds. The minimum atomic E-state index is -0.388. The highest BCUT2D eigenvalue weighted by molar-refractivity contribution is 7.14. The smallest absolute Gasteiger partial charge is 0.152 e. The first-order valence-electron chi connectivity index (χ1n) is 4.55. The summed E-state index contributed by atoms with van der Waals surface area (Å²) in [5.41, 5.74) is 0.308. The summed E-state index contributed by atoms with van der Waals surface area (Å²) in [5.74, 6) is 0.0840. The van der Waals surface area contributed by atoms with Crippen molar-refractivity contribution in [3.05, 3.63) is 34.0 Å². The van der Waals surface area contributed by atoms with Crippen LogP contribution in [0, 0.1) is 5.82 Å². The van der Waals surface area contributed by atoms with Gasteiger partial charge in [0.1, 0.15) is 10.8 Å². The summed E-state index contributed by atoms with van der Waals surface area (Å²) in [5, 5.41) is 9.45. The Morgan fingerprint density at radius 3 is 2.81 bits per heavy atom. The first kappa shape index (κ1) is 11.8. The molecule has 2 aromatic rings. The van der Waals surface area contributed by atoms with Crippen LogP contribution in [0.4, 0.5) is 4.39 Å². The van der Waals surface area contributed by atoms with Crippen molar-refractivity contribution < 1.29 is 4.39 Å². The molecule has 0 N–H and O–H groups in total. The van der Waals surface area contributed by atoms with Crippen molar-refractivity contribution in [1.29, 1.82) is 0 Å². The molecule has 1 aromatic heterocycles. The second-order valence-corrected chi connectivity index (χ2v) is 4.88. The summed E-state index contributed by atoms with van der Waals surface area (Å²) in [6, 6.07) is 4.54. The average Bonchev–Trinajstić information content (AvgIpc) is 2.67. The fraction of sp³-hybridized carbons (Fsp3) is 0.200. The summed E-state index contributed by atoms with van der Waals surface area (Å²) in [4.78, 5) is 0.